The second kappa shape index (κ2) is 5.98. The molecule has 1 unspecified atom stereocenters. The molecule has 7 heteroatoms. The third-order valence-electron chi connectivity index (χ3n) is 3.23. The van der Waals surface area contributed by atoms with Crippen molar-refractivity contribution in [1.82, 2.24) is 10.3 Å². The van der Waals surface area contributed by atoms with Crippen LogP contribution in [0.5, 0.6) is 0 Å². The maximum Gasteiger partial charge on any atom is 0.416 e. The lowest BCUT2D eigenvalue weighted by Gasteiger charge is -2.20. The summed E-state index contributed by atoms with van der Waals surface area (Å²) in [7, 11) is 0. The molecule has 2 nitrogen and oxygen atoms in total. The summed E-state index contributed by atoms with van der Waals surface area (Å²) in [4.78, 5) is 4.50. The monoisotopic (exact) mass is 330 g/mol. The average Bonchev–Trinajstić information content (AvgIpc) is 2.97. The van der Waals surface area contributed by atoms with Gasteiger partial charge in [0.2, 0.25) is 0 Å². The summed E-state index contributed by atoms with van der Waals surface area (Å²) in [5.74, 6) is 2.04. The zero-order chi connectivity index (χ0) is 14.9. The molecule has 1 aliphatic rings. The number of hydrogen-bond acceptors (Lipinski definition) is 4. The van der Waals surface area contributed by atoms with E-state index < -0.39 is 11.7 Å². The van der Waals surface area contributed by atoms with Crippen molar-refractivity contribution < 1.29 is 13.2 Å². The third kappa shape index (κ3) is 3.41. The van der Waals surface area contributed by atoms with Crippen LogP contribution in [-0.2, 0) is 6.18 Å². The normalized spacial score (nSPS) is 19.7. The second-order valence-corrected chi connectivity index (χ2v) is 6.77. The second-order valence-electron chi connectivity index (χ2n) is 4.73. The summed E-state index contributed by atoms with van der Waals surface area (Å²) in [5, 5.41) is 6.15. The molecule has 1 saturated heterocycles. The predicted octanol–water partition coefficient (Wildman–Crippen LogP) is 4.21. The van der Waals surface area contributed by atoms with Gasteiger partial charge in [-0.05, 0) is 12.1 Å². The third-order valence-corrected chi connectivity index (χ3v) is 5.25. The van der Waals surface area contributed by atoms with E-state index in [-0.39, 0.29) is 6.04 Å². The Balaban J connectivity index is 1.86. The molecule has 1 aliphatic heterocycles. The van der Waals surface area contributed by atoms with Crippen LogP contribution in [-0.4, -0.2) is 23.0 Å². The summed E-state index contributed by atoms with van der Waals surface area (Å²) in [6, 6.07) is 5.52. The van der Waals surface area contributed by atoms with Gasteiger partial charge < -0.3 is 5.32 Å². The Labute approximate surface area is 128 Å². The van der Waals surface area contributed by atoms with Gasteiger partial charge in [0.15, 0.2) is 0 Å². The first-order valence-electron chi connectivity index (χ1n) is 6.48. The van der Waals surface area contributed by atoms with Crippen LogP contribution in [0.1, 0.15) is 16.6 Å². The molecule has 1 atom stereocenters. The fourth-order valence-electron chi connectivity index (χ4n) is 2.16. The van der Waals surface area contributed by atoms with Crippen LogP contribution in [0.3, 0.4) is 0 Å². The summed E-state index contributed by atoms with van der Waals surface area (Å²) in [5.41, 5.74) is 0.482. The van der Waals surface area contributed by atoms with E-state index in [0.717, 1.165) is 35.2 Å². The summed E-state index contributed by atoms with van der Waals surface area (Å²) >= 11 is 3.36. The Morgan fingerprint density at radius 2 is 2.14 bits per heavy atom. The minimum atomic E-state index is -4.32. The number of halogens is 3. The van der Waals surface area contributed by atoms with Gasteiger partial charge in [-0.1, -0.05) is 12.1 Å². The quantitative estimate of drug-likeness (QED) is 0.893. The fourth-order valence-corrected chi connectivity index (χ4v) is 4.11. The first-order chi connectivity index (χ1) is 10.0. The van der Waals surface area contributed by atoms with Crippen LogP contribution in [0.25, 0.3) is 11.3 Å². The number of thiazole rings is 1. The molecule has 0 amide bonds. The van der Waals surface area contributed by atoms with Crippen molar-refractivity contribution in [3.63, 3.8) is 0 Å². The zero-order valence-corrected chi connectivity index (χ0v) is 12.6. The highest BCUT2D eigenvalue weighted by atomic mass is 32.2. The van der Waals surface area contributed by atoms with Crippen LogP contribution in [0, 0.1) is 0 Å². The standard InChI is InChI=1S/C14H13F3N2S2/c15-14(16,17)10-3-1-2-9(6-10)11-8-21-13(19-11)12-7-20-5-4-18-12/h1-3,6,8,12,18H,4-5,7H2. The fraction of sp³-hybridized carbons (Fsp3) is 0.357. The minimum Gasteiger partial charge on any atom is -0.306 e. The Kier molecular flexibility index (Phi) is 4.24. The van der Waals surface area contributed by atoms with Crippen molar-refractivity contribution in [2.45, 2.75) is 12.2 Å². The van der Waals surface area contributed by atoms with Crippen LogP contribution in [0.2, 0.25) is 0 Å². The SMILES string of the molecule is FC(F)(F)c1cccc(-c2csc(C3CSCCN3)n2)c1. The molecule has 0 bridgehead atoms. The molecule has 0 radical (unpaired) electrons. The molecule has 0 aliphatic carbocycles. The van der Waals surface area contributed by atoms with E-state index in [9.17, 15) is 13.2 Å². The molecular formula is C14H13F3N2S2. The maximum atomic E-state index is 12.7. The topological polar surface area (TPSA) is 24.9 Å². The molecule has 2 aromatic rings. The minimum absolute atomic E-state index is 0.202. The average molecular weight is 330 g/mol. The van der Waals surface area contributed by atoms with E-state index in [2.05, 4.69) is 10.3 Å². The van der Waals surface area contributed by atoms with E-state index >= 15 is 0 Å². The molecule has 1 aromatic carbocycles. The van der Waals surface area contributed by atoms with Crippen molar-refractivity contribution in [3.8, 4) is 11.3 Å². The maximum absolute atomic E-state index is 12.7. The number of aromatic nitrogens is 1. The van der Waals surface area contributed by atoms with Gasteiger partial charge in [-0.2, -0.15) is 24.9 Å². The highest BCUT2D eigenvalue weighted by molar-refractivity contribution is 7.99. The summed E-state index contributed by atoms with van der Waals surface area (Å²) in [6.45, 7) is 0.938. The van der Waals surface area contributed by atoms with Gasteiger partial charge in [0.25, 0.3) is 0 Å². The first kappa shape index (κ1) is 14.9. The van der Waals surface area contributed by atoms with Gasteiger partial charge >= 0.3 is 6.18 Å². The molecule has 1 fully saturated rings. The molecule has 2 heterocycles. The van der Waals surface area contributed by atoms with Crippen LogP contribution >= 0.6 is 23.1 Å². The smallest absolute Gasteiger partial charge is 0.306 e. The number of hydrogen-bond donors (Lipinski definition) is 1. The largest absolute Gasteiger partial charge is 0.416 e. The summed E-state index contributed by atoms with van der Waals surface area (Å²) in [6.07, 6.45) is -4.32. The van der Waals surface area contributed by atoms with E-state index in [0.29, 0.717) is 11.3 Å². The van der Waals surface area contributed by atoms with Crippen molar-refractivity contribution in [3.05, 3.63) is 40.2 Å². The Morgan fingerprint density at radius 1 is 1.29 bits per heavy atom. The highest BCUT2D eigenvalue weighted by Crippen LogP contribution is 2.33. The first-order valence-corrected chi connectivity index (χ1v) is 8.51. The van der Waals surface area contributed by atoms with Crippen molar-refractivity contribution >= 4 is 23.1 Å². The van der Waals surface area contributed by atoms with Gasteiger partial charge in [0.1, 0.15) is 5.01 Å². The van der Waals surface area contributed by atoms with Crippen LogP contribution < -0.4 is 5.32 Å². The Bertz CT molecular complexity index is 619. The van der Waals surface area contributed by atoms with Gasteiger partial charge in [-0.25, -0.2) is 4.98 Å². The molecule has 1 aromatic heterocycles. The van der Waals surface area contributed by atoms with Gasteiger partial charge in [0, 0.05) is 29.0 Å². The number of nitrogens with zero attached hydrogens (tertiary/aromatic N) is 1. The van der Waals surface area contributed by atoms with Crippen molar-refractivity contribution in [2.75, 3.05) is 18.1 Å². The molecule has 21 heavy (non-hydrogen) atoms. The number of alkyl halides is 3. The lowest BCUT2D eigenvalue weighted by Crippen LogP contribution is -2.30. The van der Waals surface area contributed by atoms with E-state index in [1.165, 1.54) is 17.4 Å². The summed E-state index contributed by atoms with van der Waals surface area (Å²) < 4.78 is 38.2. The molecule has 0 saturated carbocycles. The van der Waals surface area contributed by atoms with Crippen LogP contribution in [0.15, 0.2) is 29.6 Å². The lowest BCUT2D eigenvalue weighted by molar-refractivity contribution is -0.137. The van der Waals surface area contributed by atoms with E-state index in [1.54, 1.807) is 6.07 Å². The molecule has 112 valence electrons. The van der Waals surface area contributed by atoms with Gasteiger partial charge in [-0.15, -0.1) is 11.3 Å². The molecular weight excluding hydrogens is 317 g/mol. The van der Waals surface area contributed by atoms with Gasteiger partial charge in [-0.3, -0.25) is 0 Å². The van der Waals surface area contributed by atoms with Crippen LogP contribution in [0.4, 0.5) is 13.2 Å². The lowest BCUT2D eigenvalue weighted by atomic mass is 10.1. The Morgan fingerprint density at radius 3 is 2.86 bits per heavy atom. The molecule has 3 rings (SSSR count). The number of thioether (sulfide) groups is 1. The van der Waals surface area contributed by atoms with E-state index in [4.69, 9.17) is 0 Å². The van der Waals surface area contributed by atoms with Crippen molar-refractivity contribution in [1.29, 1.82) is 0 Å². The number of rotatable bonds is 2. The van der Waals surface area contributed by atoms with E-state index in [1.807, 2.05) is 17.1 Å². The molecule has 0 spiro atoms. The Hall–Kier alpha value is -1.05. The number of nitrogens with one attached hydrogen (secondary N) is 1. The highest BCUT2D eigenvalue weighted by Gasteiger charge is 2.30. The van der Waals surface area contributed by atoms with Crippen molar-refractivity contribution in [2.24, 2.45) is 0 Å². The predicted molar refractivity (Wildman–Crippen MR) is 80.6 cm³/mol. The van der Waals surface area contributed by atoms with Gasteiger partial charge in [0.05, 0.1) is 17.3 Å². The number of benzene rings is 1. The molecule has 1 N–H and O–H groups in total. The zero-order valence-electron chi connectivity index (χ0n) is 11.0.